The van der Waals surface area contributed by atoms with Gasteiger partial charge >= 0.3 is 0 Å². The third kappa shape index (κ3) is 4.18. The first-order valence-electron chi connectivity index (χ1n) is 8.54. The number of thiazole rings is 1. The fourth-order valence-electron chi connectivity index (χ4n) is 2.97. The first-order chi connectivity index (χ1) is 13.2. The van der Waals surface area contributed by atoms with Crippen LogP contribution in [0.1, 0.15) is 15.4 Å². The van der Waals surface area contributed by atoms with E-state index in [1.807, 2.05) is 41.1 Å². The van der Waals surface area contributed by atoms with Crippen molar-refractivity contribution in [1.29, 1.82) is 0 Å². The summed E-state index contributed by atoms with van der Waals surface area (Å²) in [6, 6.07) is 15.6. The normalized spacial score (nSPS) is 12.2. The van der Waals surface area contributed by atoms with Gasteiger partial charge in [-0.3, -0.25) is 4.79 Å². The zero-order chi connectivity index (χ0) is 18.6. The molecule has 1 N–H and O–H groups in total. The molecule has 1 amide bonds. The van der Waals surface area contributed by atoms with Crippen molar-refractivity contribution in [1.82, 2.24) is 19.9 Å². The maximum absolute atomic E-state index is 12.8. The SMILES string of the molecule is O=C(NC(Cc1ccccc1)Cn1ccnc1)c1nc2c(Cl)cccc2s1. The standard InChI is InChI=1S/C20H17ClN4OS/c21-16-7-4-8-17-18(16)24-20(27-17)19(26)23-15(12-25-10-9-22-13-25)11-14-5-2-1-3-6-14/h1-10,13,15H,11-12H2,(H,23,26). The molecule has 1 unspecified atom stereocenters. The molecule has 5 nitrogen and oxygen atoms in total. The van der Waals surface area contributed by atoms with Crippen LogP contribution in [0.25, 0.3) is 10.2 Å². The summed E-state index contributed by atoms with van der Waals surface area (Å²) >= 11 is 7.53. The Morgan fingerprint density at radius 3 is 2.78 bits per heavy atom. The van der Waals surface area contributed by atoms with Crippen molar-refractivity contribution in [2.24, 2.45) is 0 Å². The highest BCUT2D eigenvalue weighted by Gasteiger charge is 2.19. The number of fused-ring (bicyclic) bond motifs is 1. The van der Waals surface area contributed by atoms with E-state index < -0.39 is 0 Å². The molecule has 2 heterocycles. The average molecular weight is 397 g/mol. The van der Waals surface area contributed by atoms with Crippen LogP contribution in [0.4, 0.5) is 0 Å². The summed E-state index contributed by atoms with van der Waals surface area (Å²) < 4.78 is 2.87. The molecule has 0 radical (unpaired) electrons. The molecule has 0 aliphatic heterocycles. The molecule has 0 saturated heterocycles. The van der Waals surface area contributed by atoms with E-state index in [4.69, 9.17) is 11.6 Å². The van der Waals surface area contributed by atoms with Gasteiger partial charge in [-0.15, -0.1) is 11.3 Å². The minimum absolute atomic E-state index is 0.0865. The molecule has 0 aliphatic carbocycles. The van der Waals surface area contributed by atoms with Gasteiger partial charge < -0.3 is 9.88 Å². The molecule has 4 aromatic rings. The van der Waals surface area contributed by atoms with E-state index in [0.717, 1.165) is 16.7 Å². The lowest BCUT2D eigenvalue weighted by molar-refractivity contribution is 0.0932. The van der Waals surface area contributed by atoms with Gasteiger partial charge in [-0.05, 0) is 24.1 Å². The van der Waals surface area contributed by atoms with Crippen LogP contribution in [-0.4, -0.2) is 26.5 Å². The number of benzene rings is 2. The van der Waals surface area contributed by atoms with E-state index in [9.17, 15) is 4.79 Å². The van der Waals surface area contributed by atoms with Gasteiger partial charge in [0, 0.05) is 18.9 Å². The molecule has 0 bridgehead atoms. The number of para-hydroxylation sites is 1. The molecule has 2 aromatic heterocycles. The van der Waals surface area contributed by atoms with Gasteiger partial charge in [0.2, 0.25) is 0 Å². The van der Waals surface area contributed by atoms with Crippen LogP contribution in [0, 0.1) is 0 Å². The maximum atomic E-state index is 12.8. The molecule has 1 atom stereocenters. The highest BCUT2D eigenvalue weighted by atomic mass is 35.5. The monoisotopic (exact) mass is 396 g/mol. The molecule has 27 heavy (non-hydrogen) atoms. The Balaban J connectivity index is 1.55. The number of hydrogen-bond acceptors (Lipinski definition) is 4. The van der Waals surface area contributed by atoms with E-state index >= 15 is 0 Å². The van der Waals surface area contributed by atoms with Crippen LogP contribution < -0.4 is 5.32 Å². The summed E-state index contributed by atoms with van der Waals surface area (Å²) in [5.41, 5.74) is 1.83. The van der Waals surface area contributed by atoms with Crippen molar-refractivity contribution in [2.75, 3.05) is 0 Å². The second kappa shape index (κ2) is 7.90. The number of nitrogens with one attached hydrogen (secondary N) is 1. The minimum Gasteiger partial charge on any atom is -0.345 e. The molecular weight excluding hydrogens is 380 g/mol. The fraction of sp³-hybridized carbons (Fsp3) is 0.150. The predicted octanol–water partition coefficient (Wildman–Crippen LogP) is 4.19. The van der Waals surface area contributed by atoms with Crippen LogP contribution in [0.2, 0.25) is 5.02 Å². The lowest BCUT2D eigenvalue weighted by Crippen LogP contribution is -2.39. The molecule has 0 spiro atoms. The smallest absolute Gasteiger partial charge is 0.280 e. The molecule has 7 heteroatoms. The largest absolute Gasteiger partial charge is 0.345 e. The van der Waals surface area contributed by atoms with E-state index in [1.165, 1.54) is 11.3 Å². The molecule has 136 valence electrons. The Morgan fingerprint density at radius 2 is 2.04 bits per heavy atom. The number of carbonyl (C=O) groups excluding carboxylic acids is 1. The number of aromatic nitrogens is 3. The van der Waals surface area contributed by atoms with E-state index in [1.54, 1.807) is 18.6 Å². The number of carbonyl (C=O) groups is 1. The highest BCUT2D eigenvalue weighted by molar-refractivity contribution is 7.20. The summed E-state index contributed by atoms with van der Waals surface area (Å²) in [4.78, 5) is 21.3. The summed E-state index contributed by atoms with van der Waals surface area (Å²) in [6.07, 6.45) is 6.09. The third-order valence-electron chi connectivity index (χ3n) is 4.21. The average Bonchev–Trinajstić information content (AvgIpc) is 3.33. The molecular formula is C20H17ClN4OS. The number of imidazole rings is 1. The van der Waals surface area contributed by atoms with Gasteiger partial charge in [-0.2, -0.15) is 0 Å². The quantitative estimate of drug-likeness (QED) is 0.531. The van der Waals surface area contributed by atoms with Gasteiger partial charge in [-0.1, -0.05) is 48.0 Å². The van der Waals surface area contributed by atoms with Gasteiger partial charge in [0.1, 0.15) is 5.52 Å². The second-order valence-electron chi connectivity index (χ2n) is 6.23. The molecule has 0 saturated carbocycles. The topological polar surface area (TPSA) is 59.8 Å². The Kier molecular flexibility index (Phi) is 5.18. The first-order valence-corrected chi connectivity index (χ1v) is 9.74. The van der Waals surface area contributed by atoms with Crippen molar-refractivity contribution in [3.63, 3.8) is 0 Å². The first kappa shape index (κ1) is 17.7. The third-order valence-corrected chi connectivity index (χ3v) is 5.54. The molecule has 0 aliphatic rings. The number of rotatable bonds is 6. The Hall–Kier alpha value is -2.70. The van der Waals surface area contributed by atoms with E-state index in [2.05, 4.69) is 27.4 Å². The van der Waals surface area contributed by atoms with Crippen LogP contribution in [0.5, 0.6) is 0 Å². The minimum atomic E-state index is -0.187. The summed E-state index contributed by atoms with van der Waals surface area (Å²) in [6.45, 7) is 0.631. The predicted molar refractivity (Wildman–Crippen MR) is 108 cm³/mol. The van der Waals surface area contributed by atoms with Gasteiger partial charge in [0.05, 0.1) is 22.1 Å². The number of halogens is 1. The summed E-state index contributed by atoms with van der Waals surface area (Å²) in [7, 11) is 0. The van der Waals surface area contributed by atoms with Crippen LogP contribution in [0.15, 0.2) is 67.3 Å². The van der Waals surface area contributed by atoms with Crippen LogP contribution in [0.3, 0.4) is 0 Å². The van der Waals surface area contributed by atoms with Crippen molar-refractivity contribution < 1.29 is 4.79 Å². The van der Waals surface area contributed by atoms with E-state index in [0.29, 0.717) is 22.1 Å². The Morgan fingerprint density at radius 1 is 1.19 bits per heavy atom. The van der Waals surface area contributed by atoms with Crippen molar-refractivity contribution >= 4 is 39.1 Å². The highest BCUT2D eigenvalue weighted by Crippen LogP contribution is 2.27. The maximum Gasteiger partial charge on any atom is 0.280 e. The lowest BCUT2D eigenvalue weighted by Gasteiger charge is -2.19. The summed E-state index contributed by atoms with van der Waals surface area (Å²) in [5.74, 6) is -0.187. The van der Waals surface area contributed by atoms with Crippen molar-refractivity contribution in [3.8, 4) is 0 Å². The van der Waals surface area contributed by atoms with Crippen LogP contribution in [-0.2, 0) is 13.0 Å². The fourth-order valence-corrected chi connectivity index (χ4v) is 4.14. The van der Waals surface area contributed by atoms with Crippen molar-refractivity contribution in [2.45, 2.75) is 19.0 Å². The second-order valence-corrected chi connectivity index (χ2v) is 7.66. The van der Waals surface area contributed by atoms with Gasteiger partial charge in [0.15, 0.2) is 5.01 Å². The Labute approximate surface area is 165 Å². The zero-order valence-corrected chi connectivity index (χ0v) is 16.0. The zero-order valence-electron chi connectivity index (χ0n) is 14.4. The Bertz CT molecular complexity index is 1050. The van der Waals surface area contributed by atoms with Crippen molar-refractivity contribution in [3.05, 3.63) is 82.8 Å². The molecule has 4 rings (SSSR count). The molecule has 2 aromatic carbocycles. The van der Waals surface area contributed by atoms with E-state index in [-0.39, 0.29) is 11.9 Å². The number of nitrogens with zero attached hydrogens (tertiary/aromatic N) is 3. The number of amides is 1. The lowest BCUT2D eigenvalue weighted by atomic mass is 10.1. The molecule has 0 fully saturated rings. The van der Waals surface area contributed by atoms with Gasteiger partial charge in [-0.25, -0.2) is 9.97 Å². The van der Waals surface area contributed by atoms with Gasteiger partial charge in [0.25, 0.3) is 5.91 Å². The summed E-state index contributed by atoms with van der Waals surface area (Å²) in [5, 5.41) is 4.09. The van der Waals surface area contributed by atoms with Crippen LogP contribution >= 0.6 is 22.9 Å². The number of hydrogen-bond donors (Lipinski definition) is 1.